The van der Waals surface area contributed by atoms with E-state index in [1.54, 1.807) is 67.6 Å². The number of sulfone groups is 1. The van der Waals surface area contributed by atoms with Gasteiger partial charge in [-0.1, -0.05) is 19.1 Å². The van der Waals surface area contributed by atoms with Crippen LogP contribution in [0.3, 0.4) is 0 Å². The molecule has 178 valence electrons. The van der Waals surface area contributed by atoms with Crippen LogP contribution in [0, 0.1) is 0 Å². The van der Waals surface area contributed by atoms with Gasteiger partial charge in [-0.25, -0.2) is 23.1 Å². The Morgan fingerprint density at radius 3 is 2.34 bits per heavy atom. The molecule has 8 nitrogen and oxygen atoms in total. The maximum absolute atomic E-state index is 12.1. The number of benzene rings is 2. The van der Waals surface area contributed by atoms with Gasteiger partial charge in [0, 0.05) is 34.2 Å². The molecular formula is C25H22N4O4S2. The van der Waals surface area contributed by atoms with Crippen LogP contribution in [0.4, 0.5) is 0 Å². The fourth-order valence-electron chi connectivity index (χ4n) is 3.77. The van der Waals surface area contributed by atoms with Crippen molar-refractivity contribution in [2.75, 3.05) is 20.0 Å². The molecule has 0 amide bonds. The second-order valence-electron chi connectivity index (χ2n) is 7.71. The molecule has 3 heterocycles. The van der Waals surface area contributed by atoms with Crippen LogP contribution in [-0.2, 0) is 9.84 Å². The number of rotatable bonds is 7. The lowest BCUT2D eigenvalue weighted by atomic mass is 10.1. The van der Waals surface area contributed by atoms with E-state index in [2.05, 4.69) is 5.10 Å². The zero-order valence-corrected chi connectivity index (χ0v) is 20.9. The standard InChI is InChI=1S/C25H22N4O4S2/c1-4-35(30,31)19-7-5-16(6-8-19)18-13-26-29(14-18)25-27-21-12-23(33-3)22(32-2)11-20(21)24(28-25)17-9-10-34-15-17/h5-15H,4H2,1-3H3. The molecule has 0 aliphatic heterocycles. The average Bonchev–Trinajstić information content (AvgIpc) is 3.60. The van der Waals surface area contributed by atoms with Crippen molar-refractivity contribution in [3.8, 4) is 39.8 Å². The van der Waals surface area contributed by atoms with E-state index in [-0.39, 0.29) is 5.75 Å². The second kappa shape index (κ2) is 9.12. The summed E-state index contributed by atoms with van der Waals surface area (Å²) in [6.45, 7) is 1.63. The normalized spacial score (nSPS) is 11.6. The molecule has 35 heavy (non-hydrogen) atoms. The lowest BCUT2D eigenvalue weighted by Gasteiger charge is -2.12. The molecule has 10 heteroatoms. The van der Waals surface area contributed by atoms with Crippen LogP contribution < -0.4 is 9.47 Å². The summed E-state index contributed by atoms with van der Waals surface area (Å²) in [5.41, 5.74) is 4.09. The molecule has 0 saturated heterocycles. The van der Waals surface area contributed by atoms with E-state index in [0.717, 1.165) is 27.8 Å². The highest BCUT2D eigenvalue weighted by atomic mass is 32.2. The van der Waals surface area contributed by atoms with Gasteiger partial charge < -0.3 is 9.47 Å². The lowest BCUT2D eigenvalue weighted by molar-refractivity contribution is 0.356. The summed E-state index contributed by atoms with van der Waals surface area (Å²) in [5, 5.41) is 9.34. The second-order valence-corrected chi connectivity index (χ2v) is 10.8. The van der Waals surface area contributed by atoms with Crippen LogP contribution >= 0.6 is 11.3 Å². The molecule has 0 saturated carbocycles. The zero-order chi connectivity index (χ0) is 24.6. The van der Waals surface area contributed by atoms with Crippen LogP contribution in [0.2, 0.25) is 0 Å². The molecule has 0 aliphatic carbocycles. The first-order valence-electron chi connectivity index (χ1n) is 10.8. The van der Waals surface area contributed by atoms with Crippen LogP contribution in [-0.4, -0.2) is 48.1 Å². The van der Waals surface area contributed by atoms with Gasteiger partial charge in [0.2, 0.25) is 0 Å². The summed E-state index contributed by atoms with van der Waals surface area (Å²) in [7, 11) is -0.0705. The van der Waals surface area contributed by atoms with Gasteiger partial charge >= 0.3 is 0 Å². The molecule has 0 atom stereocenters. The molecule has 3 aromatic heterocycles. The molecule has 5 aromatic rings. The Bertz CT molecular complexity index is 1610. The Kier molecular flexibility index (Phi) is 6.00. The van der Waals surface area contributed by atoms with Gasteiger partial charge in [0.05, 0.1) is 42.3 Å². The van der Waals surface area contributed by atoms with E-state index in [0.29, 0.717) is 27.9 Å². The Morgan fingerprint density at radius 1 is 0.943 bits per heavy atom. The van der Waals surface area contributed by atoms with Crippen LogP contribution in [0.25, 0.3) is 39.2 Å². The number of hydrogen-bond donors (Lipinski definition) is 0. The average molecular weight is 507 g/mol. The van der Waals surface area contributed by atoms with Crippen LogP contribution in [0.15, 0.2) is 70.5 Å². The molecule has 0 spiro atoms. The third-order valence-corrected chi connectivity index (χ3v) is 8.13. The number of nitrogens with zero attached hydrogens (tertiary/aromatic N) is 4. The first kappa shape index (κ1) is 23.0. The van der Waals surface area contributed by atoms with Gasteiger partial charge in [-0.2, -0.15) is 16.4 Å². The molecule has 0 fully saturated rings. The SMILES string of the molecule is CCS(=O)(=O)c1ccc(-c2cnn(-c3nc(-c4ccsc4)c4cc(OC)c(OC)cc4n3)c2)cc1. The molecule has 0 unspecified atom stereocenters. The van der Waals surface area contributed by atoms with E-state index in [1.165, 1.54) is 0 Å². The van der Waals surface area contributed by atoms with Gasteiger partial charge in [0.25, 0.3) is 5.95 Å². The van der Waals surface area contributed by atoms with E-state index >= 15 is 0 Å². The van der Waals surface area contributed by atoms with E-state index < -0.39 is 9.84 Å². The third-order valence-electron chi connectivity index (χ3n) is 5.70. The zero-order valence-electron chi connectivity index (χ0n) is 19.3. The minimum atomic E-state index is -3.25. The van der Waals surface area contributed by atoms with Crippen LogP contribution in [0.1, 0.15) is 6.92 Å². The molecule has 0 radical (unpaired) electrons. The minimum Gasteiger partial charge on any atom is -0.493 e. The predicted molar refractivity (Wildman–Crippen MR) is 136 cm³/mol. The molecule has 0 N–H and O–H groups in total. The Balaban J connectivity index is 1.60. The van der Waals surface area contributed by atoms with E-state index in [4.69, 9.17) is 19.4 Å². The largest absolute Gasteiger partial charge is 0.493 e. The molecule has 0 aliphatic rings. The highest BCUT2D eigenvalue weighted by Gasteiger charge is 2.17. The molecular weight excluding hydrogens is 484 g/mol. The quantitative estimate of drug-likeness (QED) is 0.306. The highest BCUT2D eigenvalue weighted by molar-refractivity contribution is 7.91. The Labute approximate surface area is 206 Å². The fraction of sp³-hybridized carbons (Fsp3) is 0.160. The van der Waals surface area contributed by atoms with Crippen molar-refractivity contribution in [2.24, 2.45) is 0 Å². The van der Waals surface area contributed by atoms with Crippen LogP contribution in [0.5, 0.6) is 11.5 Å². The summed E-state index contributed by atoms with van der Waals surface area (Å²) >= 11 is 1.59. The molecule has 0 bridgehead atoms. The number of methoxy groups -OCH3 is 2. The van der Waals surface area contributed by atoms with Crippen molar-refractivity contribution in [1.29, 1.82) is 0 Å². The lowest BCUT2D eigenvalue weighted by Crippen LogP contribution is -2.04. The first-order valence-corrected chi connectivity index (χ1v) is 13.4. The summed E-state index contributed by atoms with van der Waals surface area (Å²) < 4.78 is 36.8. The number of ether oxygens (including phenoxy) is 2. The van der Waals surface area contributed by atoms with Crippen molar-refractivity contribution in [3.05, 3.63) is 65.6 Å². The van der Waals surface area contributed by atoms with Crippen molar-refractivity contribution in [1.82, 2.24) is 19.7 Å². The predicted octanol–water partition coefficient (Wildman–Crippen LogP) is 5.02. The smallest absolute Gasteiger partial charge is 0.251 e. The minimum absolute atomic E-state index is 0.0622. The van der Waals surface area contributed by atoms with Gasteiger partial charge in [-0.05, 0) is 35.2 Å². The fourth-order valence-corrected chi connectivity index (χ4v) is 5.29. The van der Waals surface area contributed by atoms with E-state index in [1.807, 2.05) is 35.2 Å². The maximum atomic E-state index is 12.1. The summed E-state index contributed by atoms with van der Waals surface area (Å²) in [4.78, 5) is 9.88. The van der Waals surface area contributed by atoms with Gasteiger partial charge in [0.15, 0.2) is 21.3 Å². The van der Waals surface area contributed by atoms with Gasteiger partial charge in [-0.3, -0.25) is 0 Å². The van der Waals surface area contributed by atoms with Crippen molar-refractivity contribution < 1.29 is 17.9 Å². The van der Waals surface area contributed by atoms with Gasteiger partial charge in [-0.15, -0.1) is 0 Å². The van der Waals surface area contributed by atoms with Crippen molar-refractivity contribution >= 4 is 32.1 Å². The Hall–Kier alpha value is -3.76. The number of aromatic nitrogens is 4. The summed E-state index contributed by atoms with van der Waals surface area (Å²) in [6, 6.07) is 12.5. The van der Waals surface area contributed by atoms with E-state index in [9.17, 15) is 8.42 Å². The number of thiophene rings is 1. The first-order chi connectivity index (χ1) is 16.9. The third kappa shape index (κ3) is 4.26. The summed E-state index contributed by atoms with van der Waals surface area (Å²) in [5.74, 6) is 1.64. The highest BCUT2D eigenvalue weighted by Crippen LogP contribution is 2.36. The number of hydrogen-bond acceptors (Lipinski definition) is 8. The van der Waals surface area contributed by atoms with Crippen molar-refractivity contribution in [2.45, 2.75) is 11.8 Å². The van der Waals surface area contributed by atoms with Gasteiger partial charge in [0.1, 0.15) is 0 Å². The molecule has 2 aromatic carbocycles. The monoisotopic (exact) mass is 506 g/mol. The molecule has 5 rings (SSSR count). The maximum Gasteiger partial charge on any atom is 0.251 e. The van der Waals surface area contributed by atoms with Crippen molar-refractivity contribution in [3.63, 3.8) is 0 Å². The summed E-state index contributed by atoms with van der Waals surface area (Å²) in [6.07, 6.45) is 3.53. The topological polar surface area (TPSA) is 96.2 Å². The Morgan fingerprint density at radius 2 is 1.69 bits per heavy atom. The number of fused-ring (bicyclic) bond motifs is 1.